The van der Waals surface area contributed by atoms with Crippen molar-refractivity contribution in [2.45, 2.75) is 38.4 Å². The third-order valence-electron chi connectivity index (χ3n) is 3.49. The highest BCUT2D eigenvalue weighted by atomic mass is 79.9. The third-order valence-corrected chi connectivity index (χ3v) is 5.35. The first kappa shape index (κ1) is 14.4. The molecule has 1 amide bonds. The molecule has 4 nitrogen and oxygen atoms in total. The van der Waals surface area contributed by atoms with Gasteiger partial charge in [0.05, 0.1) is 23.5 Å². The first-order valence-corrected chi connectivity index (χ1v) is 8.31. The molecule has 0 aromatic carbocycles. The molecule has 3 heterocycles. The number of carbonyl (C=O) groups is 1. The summed E-state index contributed by atoms with van der Waals surface area (Å²) in [6, 6.07) is 2.17. The van der Waals surface area contributed by atoms with Gasteiger partial charge in [0.1, 0.15) is 11.2 Å². The van der Waals surface area contributed by atoms with E-state index in [0.717, 1.165) is 16.8 Å². The van der Waals surface area contributed by atoms with E-state index in [2.05, 4.69) is 22.0 Å². The summed E-state index contributed by atoms with van der Waals surface area (Å²) in [4.78, 5) is 15.0. The number of halogens is 1. The monoisotopic (exact) mass is 359 g/mol. The second-order valence-corrected chi connectivity index (χ2v) is 8.77. The molecule has 0 N–H and O–H groups in total. The quantitative estimate of drug-likeness (QED) is 0.711. The lowest BCUT2D eigenvalue weighted by Crippen LogP contribution is -2.64. The predicted octanol–water partition coefficient (Wildman–Crippen LogP) is 3.53. The van der Waals surface area contributed by atoms with Gasteiger partial charge in [0.25, 0.3) is 0 Å². The fourth-order valence-electron chi connectivity index (χ4n) is 2.65. The van der Waals surface area contributed by atoms with Gasteiger partial charge in [0.15, 0.2) is 0 Å². The first-order chi connectivity index (χ1) is 9.29. The number of amides is 1. The van der Waals surface area contributed by atoms with Gasteiger partial charge >= 0.3 is 6.09 Å². The lowest BCUT2D eigenvalue weighted by atomic mass is 9.87. The van der Waals surface area contributed by atoms with E-state index < -0.39 is 5.60 Å². The number of hydrogen-bond acceptors (Lipinski definition) is 4. The summed E-state index contributed by atoms with van der Waals surface area (Å²) >= 11 is 5.25. The van der Waals surface area contributed by atoms with E-state index in [1.165, 1.54) is 10.4 Å². The van der Waals surface area contributed by atoms with Gasteiger partial charge in [-0.1, -0.05) is 0 Å². The molecule has 0 atom stereocenters. The maximum absolute atomic E-state index is 12.0. The maximum atomic E-state index is 12.0. The Hall–Kier alpha value is -0.590. The molecule has 0 radical (unpaired) electrons. The minimum absolute atomic E-state index is 0.255. The van der Waals surface area contributed by atoms with Crippen LogP contribution >= 0.6 is 27.3 Å². The molecule has 1 aromatic heterocycles. The summed E-state index contributed by atoms with van der Waals surface area (Å²) in [7, 11) is 0. The van der Waals surface area contributed by atoms with Gasteiger partial charge in [0.2, 0.25) is 0 Å². The summed E-state index contributed by atoms with van der Waals surface area (Å²) < 4.78 is 12.5. The van der Waals surface area contributed by atoms with Crippen LogP contribution in [0, 0.1) is 0 Å². The smallest absolute Gasteiger partial charge is 0.410 e. The number of nitrogens with zero attached hydrogens (tertiary/aromatic N) is 1. The van der Waals surface area contributed by atoms with E-state index in [0.29, 0.717) is 13.1 Å². The molecule has 2 aliphatic heterocycles. The van der Waals surface area contributed by atoms with Gasteiger partial charge in [-0.2, -0.15) is 0 Å². The highest BCUT2D eigenvalue weighted by molar-refractivity contribution is 9.11. The van der Waals surface area contributed by atoms with E-state index >= 15 is 0 Å². The number of carbonyl (C=O) groups excluding carboxylic acids is 1. The lowest BCUT2D eigenvalue weighted by Gasteiger charge is -2.50. The van der Waals surface area contributed by atoms with E-state index in [9.17, 15) is 4.79 Å². The Morgan fingerprint density at radius 2 is 2.20 bits per heavy atom. The fourth-order valence-corrected chi connectivity index (χ4v) is 4.47. The molecular formula is C14H18BrNO3S. The molecule has 3 rings (SSSR count). The number of hydrogen-bond donors (Lipinski definition) is 0. The topological polar surface area (TPSA) is 38.8 Å². The second kappa shape index (κ2) is 4.71. The van der Waals surface area contributed by atoms with Crippen molar-refractivity contribution in [2.24, 2.45) is 0 Å². The van der Waals surface area contributed by atoms with Crippen molar-refractivity contribution in [2.75, 3.05) is 19.7 Å². The molecule has 1 fully saturated rings. The van der Waals surface area contributed by atoms with Gasteiger partial charge in [-0.3, -0.25) is 0 Å². The van der Waals surface area contributed by atoms with Crippen molar-refractivity contribution in [3.8, 4) is 0 Å². The van der Waals surface area contributed by atoms with Crippen LogP contribution in [0.5, 0.6) is 0 Å². The molecular weight excluding hydrogens is 342 g/mol. The van der Waals surface area contributed by atoms with Gasteiger partial charge in [-0.05, 0) is 54.8 Å². The van der Waals surface area contributed by atoms with Crippen LogP contribution in [-0.2, 0) is 21.5 Å². The molecule has 0 unspecified atom stereocenters. The Morgan fingerprint density at radius 1 is 1.50 bits per heavy atom. The predicted molar refractivity (Wildman–Crippen MR) is 81.2 cm³/mol. The van der Waals surface area contributed by atoms with E-state index in [1.807, 2.05) is 20.8 Å². The minimum Gasteiger partial charge on any atom is -0.444 e. The van der Waals surface area contributed by atoms with Crippen molar-refractivity contribution in [3.05, 3.63) is 20.3 Å². The summed E-state index contributed by atoms with van der Waals surface area (Å²) in [6.07, 6.45) is 0.695. The summed E-state index contributed by atoms with van der Waals surface area (Å²) in [5, 5.41) is 0. The number of likely N-dealkylation sites (tertiary alicyclic amines) is 1. The number of fused-ring (bicyclic) bond motifs is 2. The van der Waals surface area contributed by atoms with Gasteiger partial charge in [0, 0.05) is 4.88 Å². The molecule has 2 aliphatic rings. The normalized spacial score (nSPS) is 20.5. The van der Waals surface area contributed by atoms with Crippen molar-refractivity contribution >= 4 is 33.4 Å². The summed E-state index contributed by atoms with van der Waals surface area (Å²) in [5.41, 5.74) is 0.586. The zero-order valence-electron chi connectivity index (χ0n) is 11.9. The van der Waals surface area contributed by atoms with Crippen LogP contribution in [0.25, 0.3) is 0 Å². The zero-order valence-corrected chi connectivity index (χ0v) is 14.3. The van der Waals surface area contributed by atoms with Crippen LogP contribution in [0.1, 0.15) is 31.2 Å². The summed E-state index contributed by atoms with van der Waals surface area (Å²) in [6.45, 7) is 7.53. The molecule has 0 bridgehead atoms. The average Bonchev–Trinajstić information content (AvgIpc) is 2.63. The fraction of sp³-hybridized carbons (Fsp3) is 0.643. The molecule has 20 heavy (non-hydrogen) atoms. The van der Waals surface area contributed by atoms with Crippen molar-refractivity contribution < 1.29 is 14.3 Å². The molecule has 0 saturated carbocycles. The highest BCUT2D eigenvalue weighted by Crippen LogP contribution is 2.46. The zero-order chi connectivity index (χ0) is 14.5. The van der Waals surface area contributed by atoms with E-state index in [-0.39, 0.29) is 11.7 Å². The van der Waals surface area contributed by atoms with Crippen LogP contribution in [0.4, 0.5) is 4.79 Å². The lowest BCUT2D eigenvalue weighted by molar-refractivity contribution is -0.150. The molecule has 6 heteroatoms. The van der Waals surface area contributed by atoms with Crippen LogP contribution in [0.3, 0.4) is 0 Å². The van der Waals surface area contributed by atoms with Crippen LogP contribution in [0.15, 0.2) is 9.85 Å². The molecule has 1 aromatic rings. The number of rotatable bonds is 0. The largest absolute Gasteiger partial charge is 0.444 e. The highest BCUT2D eigenvalue weighted by Gasteiger charge is 2.52. The standard InChI is InChI=1S/C14H18BrNO3S/c1-13(2,3)19-12(17)16-7-14(8-16)11-9(4-5-18-14)6-10(15)20-11/h6H,4-5,7-8H2,1-3H3. The Labute approximate surface area is 131 Å². The Kier molecular flexibility index (Phi) is 3.38. The van der Waals surface area contributed by atoms with Crippen molar-refractivity contribution in [1.29, 1.82) is 0 Å². The number of thiophene rings is 1. The Bertz CT molecular complexity index is 543. The van der Waals surface area contributed by atoms with Crippen LogP contribution < -0.4 is 0 Å². The Balaban J connectivity index is 1.72. The minimum atomic E-state index is -0.454. The molecule has 0 aliphatic carbocycles. The van der Waals surface area contributed by atoms with Gasteiger partial charge in [-0.25, -0.2) is 4.79 Å². The van der Waals surface area contributed by atoms with Crippen molar-refractivity contribution in [3.63, 3.8) is 0 Å². The van der Waals surface area contributed by atoms with E-state index in [1.54, 1.807) is 16.2 Å². The molecule has 110 valence electrons. The van der Waals surface area contributed by atoms with Crippen LogP contribution in [0.2, 0.25) is 0 Å². The number of ether oxygens (including phenoxy) is 2. The average molecular weight is 360 g/mol. The maximum Gasteiger partial charge on any atom is 0.410 e. The SMILES string of the molecule is CC(C)(C)OC(=O)N1CC2(C1)OCCc1cc(Br)sc12. The third kappa shape index (κ3) is 2.49. The van der Waals surface area contributed by atoms with E-state index in [4.69, 9.17) is 9.47 Å². The summed E-state index contributed by atoms with van der Waals surface area (Å²) in [5.74, 6) is 0. The first-order valence-electron chi connectivity index (χ1n) is 6.70. The van der Waals surface area contributed by atoms with Gasteiger partial charge in [-0.15, -0.1) is 11.3 Å². The Morgan fingerprint density at radius 3 is 2.85 bits per heavy atom. The second-order valence-electron chi connectivity index (χ2n) is 6.33. The van der Waals surface area contributed by atoms with Crippen LogP contribution in [-0.4, -0.2) is 36.3 Å². The molecule has 1 saturated heterocycles. The van der Waals surface area contributed by atoms with Crippen molar-refractivity contribution in [1.82, 2.24) is 4.90 Å². The van der Waals surface area contributed by atoms with Gasteiger partial charge < -0.3 is 14.4 Å². The molecule has 1 spiro atoms.